The van der Waals surface area contributed by atoms with Crippen molar-refractivity contribution in [1.82, 2.24) is 0 Å². The number of para-hydroxylation sites is 1. The molecule has 1 fully saturated rings. The Bertz CT molecular complexity index is 606. The molecule has 0 radical (unpaired) electrons. The van der Waals surface area contributed by atoms with Gasteiger partial charge in [-0.3, -0.25) is 9.59 Å². The molecule has 2 rings (SSSR count). The van der Waals surface area contributed by atoms with Gasteiger partial charge >= 0.3 is 5.97 Å². The van der Waals surface area contributed by atoms with E-state index in [0.29, 0.717) is 12.5 Å². The van der Waals surface area contributed by atoms with E-state index in [9.17, 15) is 9.59 Å². The van der Waals surface area contributed by atoms with Crippen molar-refractivity contribution < 1.29 is 14.3 Å². The molecule has 1 aromatic rings. The number of hydrogen-bond donors (Lipinski definition) is 0. The Hall–Kier alpha value is -2.35. The van der Waals surface area contributed by atoms with E-state index < -0.39 is 11.9 Å². The SMILES string of the molecule is CC[C@H](C)c1ccccc1N1C[C@@H](C(=O)OCC#N)CC1=O. The number of nitriles is 1. The predicted molar refractivity (Wildman–Crippen MR) is 82.2 cm³/mol. The van der Waals surface area contributed by atoms with E-state index in [1.165, 1.54) is 0 Å². The lowest BCUT2D eigenvalue weighted by Crippen LogP contribution is -2.27. The fourth-order valence-electron chi connectivity index (χ4n) is 2.69. The van der Waals surface area contributed by atoms with Crippen molar-refractivity contribution in [3.05, 3.63) is 29.8 Å². The second kappa shape index (κ2) is 7.08. The summed E-state index contributed by atoms with van der Waals surface area (Å²) in [5.41, 5.74) is 1.99. The van der Waals surface area contributed by atoms with Gasteiger partial charge in [-0.25, -0.2) is 0 Å². The van der Waals surface area contributed by atoms with Gasteiger partial charge in [0.1, 0.15) is 6.07 Å². The summed E-state index contributed by atoms with van der Waals surface area (Å²) in [5.74, 6) is -0.701. The maximum Gasteiger partial charge on any atom is 0.312 e. The van der Waals surface area contributed by atoms with Crippen molar-refractivity contribution in [2.45, 2.75) is 32.6 Å². The predicted octanol–water partition coefficient (Wildman–Crippen LogP) is 2.62. The molecule has 1 aliphatic heterocycles. The first-order valence-electron chi connectivity index (χ1n) is 7.51. The highest BCUT2D eigenvalue weighted by Crippen LogP contribution is 2.33. The van der Waals surface area contributed by atoms with Crippen LogP contribution >= 0.6 is 0 Å². The Morgan fingerprint density at radius 1 is 1.50 bits per heavy atom. The number of anilines is 1. The fourth-order valence-corrected chi connectivity index (χ4v) is 2.69. The molecule has 1 amide bonds. The van der Waals surface area contributed by atoms with Crippen molar-refractivity contribution in [2.75, 3.05) is 18.1 Å². The molecular weight excluding hydrogens is 280 g/mol. The molecule has 0 unspecified atom stereocenters. The third-order valence-corrected chi connectivity index (χ3v) is 4.11. The summed E-state index contributed by atoms with van der Waals surface area (Å²) in [6, 6.07) is 9.57. The summed E-state index contributed by atoms with van der Waals surface area (Å²) in [4.78, 5) is 25.8. The number of benzene rings is 1. The summed E-state index contributed by atoms with van der Waals surface area (Å²) in [6.45, 7) is 4.27. The van der Waals surface area contributed by atoms with Crippen LogP contribution in [0.1, 0.15) is 38.2 Å². The molecule has 0 saturated carbocycles. The summed E-state index contributed by atoms with van der Waals surface area (Å²) in [7, 11) is 0. The Balaban J connectivity index is 2.19. The maximum absolute atomic E-state index is 12.3. The lowest BCUT2D eigenvalue weighted by Gasteiger charge is -2.23. The second-order valence-electron chi connectivity index (χ2n) is 5.54. The van der Waals surface area contributed by atoms with Gasteiger partial charge in [-0.2, -0.15) is 5.26 Å². The number of nitrogens with zero attached hydrogens (tertiary/aromatic N) is 2. The van der Waals surface area contributed by atoms with Gasteiger partial charge in [0.25, 0.3) is 0 Å². The Morgan fingerprint density at radius 3 is 2.91 bits per heavy atom. The molecule has 5 nitrogen and oxygen atoms in total. The number of ether oxygens (including phenoxy) is 1. The molecule has 1 aromatic carbocycles. The minimum absolute atomic E-state index is 0.0744. The van der Waals surface area contributed by atoms with Crippen LogP contribution in [-0.2, 0) is 14.3 Å². The molecule has 5 heteroatoms. The molecular formula is C17H20N2O3. The smallest absolute Gasteiger partial charge is 0.312 e. The van der Waals surface area contributed by atoms with E-state index in [1.54, 1.807) is 11.0 Å². The number of carbonyl (C=O) groups excluding carboxylic acids is 2. The Kier molecular flexibility index (Phi) is 5.16. The first-order valence-corrected chi connectivity index (χ1v) is 7.51. The van der Waals surface area contributed by atoms with Gasteiger partial charge in [0.2, 0.25) is 5.91 Å². The highest BCUT2D eigenvalue weighted by molar-refractivity contribution is 6.00. The molecule has 0 bridgehead atoms. The van der Waals surface area contributed by atoms with E-state index in [0.717, 1.165) is 17.7 Å². The van der Waals surface area contributed by atoms with Crippen LogP contribution < -0.4 is 4.90 Å². The van der Waals surface area contributed by atoms with Crippen LogP contribution in [0.2, 0.25) is 0 Å². The normalized spacial score (nSPS) is 18.9. The van der Waals surface area contributed by atoms with Gasteiger partial charge in [0.15, 0.2) is 6.61 Å². The number of amides is 1. The van der Waals surface area contributed by atoms with Crippen LogP contribution in [0.3, 0.4) is 0 Å². The van der Waals surface area contributed by atoms with Crippen molar-refractivity contribution in [1.29, 1.82) is 5.26 Å². The highest BCUT2D eigenvalue weighted by Gasteiger charge is 2.37. The fraction of sp³-hybridized carbons (Fsp3) is 0.471. The Labute approximate surface area is 130 Å². The van der Waals surface area contributed by atoms with E-state index in [4.69, 9.17) is 10.00 Å². The van der Waals surface area contributed by atoms with Crippen molar-refractivity contribution in [2.24, 2.45) is 5.92 Å². The first-order chi connectivity index (χ1) is 10.6. The molecule has 0 aliphatic carbocycles. The third-order valence-electron chi connectivity index (χ3n) is 4.11. The minimum Gasteiger partial charge on any atom is -0.450 e. The highest BCUT2D eigenvalue weighted by atomic mass is 16.5. The van der Waals surface area contributed by atoms with Crippen molar-refractivity contribution in [3.63, 3.8) is 0 Å². The summed E-state index contributed by atoms with van der Waals surface area (Å²) in [6.07, 6.45) is 1.12. The third kappa shape index (κ3) is 3.28. The zero-order valence-corrected chi connectivity index (χ0v) is 12.9. The molecule has 2 atom stereocenters. The van der Waals surface area contributed by atoms with Crippen LogP contribution in [0, 0.1) is 17.2 Å². The summed E-state index contributed by atoms with van der Waals surface area (Å²) >= 11 is 0. The largest absolute Gasteiger partial charge is 0.450 e. The molecule has 1 heterocycles. The van der Waals surface area contributed by atoms with Crippen LogP contribution in [-0.4, -0.2) is 25.0 Å². The van der Waals surface area contributed by atoms with E-state index >= 15 is 0 Å². The molecule has 1 aliphatic rings. The number of rotatable bonds is 5. The summed E-state index contributed by atoms with van der Waals surface area (Å²) < 4.78 is 4.83. The molecule has 116 valence electrons. The van der Waals surface area contributed by atoms with Gasteiger partial charge in [0, 0.05) is 18.7 Å². The molecule has 0 aromatic heterocycles. The van der Waals surface area contributed by atoms with E-state index in [2.05, 4.69) is 13.8 Å². The zero-order chi connectivity index (χ0) is 16.1. The van der Waals surface area contributed by atoms with Crippen LogP contribution in [0.15, 0.2) is 24.3 Å². The maximum atomic E-state index is 12.3. The van der Waals surface area contributed by atoms with Gasteiger partial charge in [0.05, 0.1) is 5.92 Å². The molecule has 0 spiro atoms. The zero-order valence-electron chi connectivity index (χ0n) is 12.9. The second-order valence-corrected chi connectivity index (χ2v) is 5.54. The lowest BCUT2D eigenvalue weighted by atomic mass is 9.96. The quantitative estimate of drug-likeness (QED) is 0.784. The average Bonchev–Trinajstić information content (AvgIpc) is 2.93. The molecule has 0 N–H and O–H groups in total. The molecule has 1 saturated heterocycles. The monoisotopic (exact) mass is 300 g/mol. The topological polar surface area (TPSA) is 70.4 Å². The standard InChI is InChI=1S/C17H20N2O3/c1-3-12(2)14-6-4-5-7-15(14)19-11-13(10-16(19)20)17(21)22-9-8-18/h4-7,12-13H,3,9-11H2,1-2H3/t12-,13-/m0/s1. The van der Waals surface area contributed by atoms with Crippen LogP contribution in [0.25, 0.3) is 0 Å². The lowest BCUT2D eigenvalue weighted by molar-refractivity contribution is -0.146. The number of hydrogen-bond acceptors (Lipinski definition) is 4. The van der Waals surface area contributed by atoms with Gasteiger partial charge < -0.3 is 9.64 Å². The van der Waals surface area contributed by atoms with Crippen LogP contribution in [0.5, 0.6) is 0 Å². The van der Waals surface area contributed by atoms with E-state index in [1.807, 2.05) is 24.3 Å². The molecule has 22 heavy (non-hydrogen) atoms. The van der Waals surface area contributed by atoms with Gasteiger partial charge in [-0.15, -0.1) is 0 Å². The average molecular weight is 300 g/mol. The first kappa shape index (κ1) is 16.0. The number of esters is 1. The van der Waals surface area contributed by atoms with Crippen molar-refractivity contribution >= 4 is 17.6 Å². The number of carbonyl (C=O) groups is 2. The van der Waals surface area contributed by atoms with Crippen LogP contribution in [0.4, 0.5) is 5.69 Å². The van der Waals surface area contributed by atoms with Crippen molar-refractivity contribution in [3.8, 4) is 6.07 Å². The Morgan fingerprint density at radius 2 is 2.23 bits per heavy atom. The minimum atomic E-state index is -0.495. The summed E-state index contributed by atoms with van der Waals surface area (Å²) in [5, 5.41) is 8.46. The van der Waals surface area contributed by atoms with Gasteiger partial charge in [-0.05, 0) is 24.0 Å². The van der Waals surface area contributed by atoms with E-state index in [-0.39, 0.29) is 18.9 Å². The van der Waals surface area contributed by atoms with Gasteiger partial charge in [-0.1, -0.05) is 32.0 Å².